The molecule has 1 N–H and O–H groups in total. The quantitative estimate of drug-likeness (QED) is 0.798. The van der Waals surface area contributed by atoms with Gasteiger partial charge in [0.1, 0.15) is 0 Å². The summed E-state index contributed by atoms with van der Waals surface area (Å²) >= 11 is 1.55. The molecule has 2 aromatic heterocycles. The molecule has 7 nitrogen and oxygen atoms in total. The van der Waals surface area contributed by atoms with Crippen LogP contribution in [0.1, 0.15) is 25.2 Å². The molecule has 0 spiro atoms. The van der Waals surface area contributed by atoms with Crippen LogP contribution >= 0.6 is 11.3 Å². The number of carboxylic acids is 1. The molecule has 0 aliphatic carbocycles. The fraction of sp³-hybridized carbons (Fsp3) is 0.429. The van der Waals surface area contributed by atoms with Gasteiger partial charge in [0.05, 0.1) is 0 Å². The van der Waals surface area contributed by atoms with Crippen LogP contribution in [0, 0.1) is 0 Å². The van der Waals surface area contributed by atoms with Gasteiger partial charge in [-0.05, 0) is 17.9 Å². The van der Waals surface area contributed by atoms with Crippen molar-refractivity contribution in [3.8, 4) is 11.5 Å². The van der Waals surface area contributed by atoms with Gasteiger partial charge in [-0.2, -0.15) is 11.3 Å². The van der Waals surface area contributed by atoms with Gasteiger partial charge in [0.15, 0.2) is 0 Å². The summed E-state index contributed by atoms with van der Waals surface area (Å²) < 4.78 is 5.51. The maximum atomic E-state index is 11.9. The number of carboxylic acid groups (broad SMARTS) is 1. The number of amides is 1. The third-order valence-corrected chi connectivity index (χ3v) is 3.78. The highest BCUT2D eigenvalue weighted by molar-refractivity contribution is 7.08. The summed E-state index contributed by atoms with van der Waals surface area (Å²) in [6.45, 7) is 0.426. The van der Waals surface area contributed by atoms with E-state index in [-0.39, 0.29) is 18.7 Å². The third kappa shape index (κ3) is 4.66. The molecule has 0 saturated heterocycles. The van der Waals surface area contributed by atoms with Crippen LogP contribution in [0.5, 0.6) is 0 Å². The first-order valence-corrected chi connectivity index (χ1v) is 7.81. The van der Waals surface area contributed by atoms with Crippen molar-refractivity contribution in [3.05, 3.63) is 22.7 Å². The monoisotopic (exact) mass is 323 g/mol. The van der Waals surface area contributed by atoms with Crippen LogP contribution in [0.15, 0.2) is 21.2 Å². The molecular formula is C14H17N3O4S. The van der Waals surface area contributed by atoms with Crippen molar-refractivity contribution in [1.82, 2.24) is 15.1 Å². The zero-order chi connectivity index (χ0) is 15.9. The Morgan fingerprint density at radius 2 is 2.18 bits per heavy atom. The van der Waals surface area contributed by atoms with Crippen LogP contribution in [0.4, 0.5) is 0 Å². The van der Waals surface area contributed by atoms with E-state index in [0.717, 1.165) is 5.56 Å². The van der Waals surface area contributed by atoms with E-state index in [2.05, 4.69) is 10.2 Å². The summed E-state index contributed by atoms with van der Waals surface area (Å²) in [4.78, 5) is 23.9. The van der Waals surface area contributed by atoms with Gasteiger partial charge in [0, 0.05) is 43.8 Å². The Morgan fingerprint density at radius 3 is 2.86 bits per heavy atom. The van der Waals surface area contributed by atoms with E-state index >= 15 is 0 Å². The number of carbonyl (C=O) groups is 2. The number of carbonyl (C=O) groups excluding carboxylic acids is 1. The lowest BCUT2D eigenvalue weighted by Crippen LogP contribution is -2.28. The molecule has 0 aliphatic heterocycles. The van der Waals surface area contributed by atoms with Crippen LogP contribution in [0.2, 0.25) is 0 Å². The van der Waals surface area contributed by atoms with Crippen molar-refractivity contribution in [2.75, 3.05) is 13.6 Å². The molecule has 2 rings (SSSR count). The average molecular weight is 323 g/mol. The van der Waals surface area contributed by atoms with E-state index < -0.39 is 5.97 Å². The van der Waals surface area contributed by atoms with E-state index in [9.17, 15) is 9.59 Å². The van der Waals surface area contributed by atoms with Gasteiger partial charge in [0.25, 0.3) is 0 Å². The predicted octanol–water partition coefficient (Wildman–Crippen LogP) is 2.05. The van der Waals surface area contributed by atoms with Crippen molar-refractivity contribution < 1.29 is 19.1 Å². The Hall–Kier alpha value is -2.22. The molecule has 0 aliphatic rings. The molecule has 8 heteroatoms. The maximum Gasteiger partial charge on any atom is 0.303 e. The third-order valence-electron chi connectivity index (χ3n) is 3.10. The number of nitrogens with zero attached hydrogens (tertiary/aromatic N) is 3. The number of aromatic nitrogens is 2. The number of hydrogen-bond acceptors (Lipinski definition) is 6. The van der Waals surface area contributed by atoms with Crippen LogP contribution in [-0.2, 0) is 16.0 Å². The van der Waals surface area contributed by atoms with Crippen LogP contribution in [0.25, 0.3) is 11.5 Å². The van der Waals surface area contributed by atoms with Crippen molar-refractivity contribution in [3.63, 3.8) is 0 Å². The Morgan fingerprint density at radius 1 is 1.36 bits per heavy atom. The molecule has 2 aromatic rings. The Balaban J connectivity index is 1.77. The fourth-order valence-electron chi connectivity index (χ4n) is 1.85. The van der Waals surface area contributed by atoms with Crippen LogP contribution in [0.3, 0.4) is 0 Å². The molecule has 1 amide bonds. The molecule has 0 saturated carbocycles. The second-order valence-electron chi connectivity index (χ2n) is 4.83. The van der Waals surface area contributed by atoms with Crippen LogP contribution in [-0.4, -0.2) is 45.7 Å². The first-order chi connectivity index (χ1) is 10.6. The first kappa shape index (κ1) is 16.2. The summed E-state index contributed by atoms with van der Waals surface area (Å²) in [5, 5.41) is 20.3. The van der Waals surface area contributed by atoms with Crippen molar-refractivity contribution in [2.24, 2.45) is 0 Å². The van der Waals surface area contributed by atoms with E-state index in [0.29, 0.717) is 31.2 Å². The standard InChI is InChI=1S/C14H17N3O4S/c1-17(7-2-3-13(19)20)12(18)5-4-11-15-16-14(21-11)10-6-8-22-9-10/h6,8-9H,2-5,7H2,1H3,(H,19,20). The van der Waals surface area contributed by atoms with Crippen molar-refractivity contribution in [2.45, 2.75) is 25.7 Å². The summed E-state index contributed by atoms with van der Waals surface area (Å²) in [5.74, 6) is -0.0414. The largest absolute Gasteiger partial charge is 0.481 e. The minimum atomic E-state index is -0.854. The number of thiophene rings is 1. The molecule has 118 valence electrons. The minimum Gasteiger partial charge on any atom is -0.481 e. The Kier molecular flexibility index (Phi) is 5.65. The molecule has 0 atom stereocenters. The average Bonchev–Trinajstić information content (AvgIpc) is 3.14. The second-order valence-corrected chi connectivity index (χ2v) is 5.61. The van der Waals surface area contributed by atoms with Gasteiger partial charge in [-0.3, -0.25) is 9.59 Å². The zero-order valence-electron chi connectivity index (χ0n) is 12.2. The van der Waals surface area contributed by atoms with Gasteiger partial charge in [-0.25, -0.2) is 0 Å². The molecule has 0 fully saturated rings. The van der Waals surface area contributed by atoms with Gasteiger partial charge in [0.2, 0.25) is 17.7 Å². The number of rotatable bonds is 8. The Bertz CT molecular complexity index is 624. The van der Waals surface area contributed by atoms with Crippen LogP contribution < -0.4 is 0 Å². The van der Waals surface area contributed by atoms with Crippen molar-refractivity contribution >= 4 is 23.2 Å². The minimum absolute atomic E-state index is 0.0608. The van der Waals surface area contributed by atoms with Crippen molar-refractivity contribution in [1.29, 1.82) is 0 Å². The normalized spacial score (nSPS) is 10.6. The highest BCUT2D eigenvalue weighted by Gasteiger charge is 2.13. The Labute approximate surface area is 131 Å². The van der Waals surface area contributed by atoms with E-state index in [4.69, 9.17) is 9.52 Å². The first-order valence-electron chi connectivity index (χ1n) is 6.87. The van der Waals surface area contributed by atoms with E-state index in [1.807, 2.05) is 16.8 Å². The zero-order valence-corrected chi connectivity index (χ0v) is 13.0. The SMILES string of the molecule is CN(CCCC(=O)O)C(=O)CCc1nnc(-c2ccsc2)o1. The van der Waals surface area contributed by atoms with E-state index in [1.165, 1.54) is 4.90 Å². The highest BCUT2D eigenvalue weighted by Crippen LogP contribution is 2.20. The summed E-state index contributed by atoms with van der Waals surface area (Å²) in [6, 6.07) is 1.89. The molecule has 0 bridgehead atoms. The smallest absolute Gasteiger partial charge is 0.303 e. The van der Waals surface area contributed by atoms with Gasteiger partial charge >= 0.3 is 5.97 Å². The number of aryl methyl sites for hydroxylation is 1. The summed E-state index contributed by atoms with van der Waals surface area (Å²) in [7, 11) is 1.66. The molecule has 0 unspecified atom stereocenters. The topological polar surface area (TPSA) is 96.5 Å². The molecule has 0 aromatic carbocycles. The molecule has 22 heavy (non-hydrogen) atoms. The van der Waals surface area contributed by atoms with Gasteiger partial charge in [-0.15, -0.1) is 10.2 Å². The molecule has 2 heterocycles. The second kappa shape index (κ2) is 7.69. The lowest BCUT2D eigenvalue weighted by molar-refractivity contribution is -0.138. The lowest BCUT2D eigenvalue weighted by atomic mass is 10.2. The number of aliphatic carboxylic acids is 1. The van der Waals surface area contributed by atoms with Gasteiger partial charge in [-0.1, -0.05) is 0 Å². The fourth-order valence-corrected chi connectivity index (χ4v) is 2.48. The molecule has 0 radical (unpaired) electrons. The maximum absolute atomic E-state index is 11.9. The van der Waals surface area contributed by atoms with E-state index in [1.54, 1.807) is 18.4 Å². The lowest BCUT2D eigenvalue weighted by Gasteiger charge is -2.15. The summed E-state index contributed by atoms with van der Waals surface area (Å²) in [6.07, 6.45) is 1.14. The highest BCUT2D eigenvalue weighted by atomic mass is 32.1. The van der Waals surface area contributed by atoms with Gasteiger partial charge < -0.3 is 14.4 Å². The summed E-state index contributed by atoms with van der Waals surface area (Å²) in [5.41, 5.74) is 0.876. The predicted molar refractivity (Wildman–Crippen MR) is 80.4 cm³/mol. The number of hydrogen-bond donors (Lipinski definition) is 1. The molecular weight excluding hydrogens is 306 g/mol.